The highest BCUT2D eigenvalue weighted by Crippen LogP contribution is 2.32. The lowest BCUT2D eigenvalue weighted by atomic mass is 10.1. The zero-order valence-electron chi connectivity index (χ0n) is 7.11. The molecule has 0 saturated heterocycles. The van der Waals surface area contributed by atoms with E-state index in [2.05, 4.69) is 0 Å². The Morgan fingerprint density at radius 3 is 2.50 bits per heavy atom. The quantitative estimate of drug-likeness (QED) is 0.837. The molecule has 1 rings (SSSR count). The first-order chi connectivity index (χ1) is 6.47. The summed E-state index contributed by atoms with van der Waals surface area (Å²) in [6, 6.07) is 2.79. The van der Waals surface area contributed by atoms with Gasteiger partial charge in [-0.2, -0.15) is 0 Å². The number of alkyl halides is 2. The predicted octanol–water partition coefficient (Wildman–Crippen LogP) is 2.95. The van der Waals surface area contributed by atoms with Crippen molar-refractivity contribution in [1.29, 1.82) is 0 Å². The molecule has 0 saturated carbocycles. The molecular weight excluding hydrogens is 217 g/mol. The van der Waals surface area contributed by atoms with Crippen molar-refractivity contribution < 1.29 is 18.3 Å². The van der Waals surface area contributed by atoms with Crippen molar-refractivity contribution in [3.8, 4) is 0 Å². The van der Waals surface area contributed by atoms with Crippen LogP contribution in [0, 0.1) is 5.82 Å². The molecule has 0 aromatic heterocycles. The zero-order valence-corrected chi connectivity index (χ0v) is 7.86. The van der Waals surface area contributed by atoms with Crippen LogP contribution >= 0.6 is 11.6 Å². The van der Waals surface area contributed by atoms with Gasteiger partial charge in [0.15, 0.2) is 0 Å². The second-order valence-electron chi connectivity index (χ2n) is 2.81. The van der Waals surface area contributed by atoms with Gasteiger partial charge in [-0.1, -0.05) is 17.7 Å². The van der Waals surface area contributed by atoms with E-state index in [4.69, 9.17) is 16.7 Å². The third kappa shape index (κ3) is 2.39. The fourth-order valence-corrected chi connectivity index (χ4v) is 1.13. The van der Waals surface area contributed by atoms with Crippen LogP contribution in [0.1, 0.15) is 12.0 Å². The van der Waals surface area contributed by atoms with E-state index in [0.29, 0.717) is 6.07 Å². The highest BCUT2D eigenvalue weighted by Gasteiger charge is 2.31. The van der Waals surface area contributed by atoms with Gasteiger partial charge >= 0.3 is 0 Å². The molecule has 0 atom stereocenters. The Balaban J connectivity index is 3.01. The molecule has 0 unspecified atom stereocenters. The largest absolute Gasteiger partial charge is 0.396 e. The molecule has 5 heteroatoms. The van der Waals surface area contributed by atoms with Gasteiger partial charge in [0, 0.05) is 18.6 Å². The third-order valence-electron chi connectivity index (χ3n) is 1.77. The highest BCUT2D eigenvalue weighted by molar-refractivity contribution is 6.30. The van der Waals surface area contributed by atoms with Crippen LogP contribution in [0.2, 0.25) is 5.02 Å². The first-order valence-corrected chi connectivity index (χ1v) is 4.29. The number of rotatable bonds is 3. The molecule has 14 heavy (non-hydrogen) atoms. The summed E-state index contributed by atoms with van der Waals surface area (Å²) < 4.78 is 39.0. The van der Waals surface area contributed by atoms with Gasteiger partial charge in [-0.05, 0) is 12.1 Å². The maximum Gasteiger partial charge on any atom is 0.275 e. The molecule has 78 valence electrons. The van der Waals surface area contributed by atoms with Crippen molar-refractivity contribution in [2.24, 2.45) is 0 Å². The molecule has 0 spiro atoms. The van der Waals surface area contributed by atoms with Crippen LogP contribution in [0.3, 0.4) is 0 Å². The van der Waals surface area contributed by atoms with Crippen molar-refractivity contribution in [2.75, 3.05) is 6.61 Å². The van der Waals surface area contributed by atoms with E-state index in [1.54, 1.807) is 0 Å². The van der Waals surface area contributed by atoms with E-state index in [1.165, 1.54) is 0 Å². The molecule has 0 aliphatic heterocycles. The van der Waals surface area contributed by atoms with Gasteiger partial charge in [-0.15, -0.1) is 0 Å². The Morgan fingerprint density at radius 1 is 1.36 bits per heavy atom. The molecule has 0 fully saturated rings. The number of benzene rings is 1. The minimum Gasteiger partial charge on any atom is -0.396 e. The molecule has 1 aromatic carbocycles. The van der Waals surface area contributed by atoms with Crippen LogP contribution in [0.4, 0.5) is 13.2 Å². The van der Waals surface area contributed by atoms with Crippen molar-refractivity contribution in [2.45, 2.75) is 12.3 Å². The van der Waals surface area contributed by atoms with E-state index in [0.717, 1.165) is 12.1 Å². The summed E-state index contributed by atoms with van der Waals surface area (Å²) in [4.78, 5) is 0. The van der Waals surface area contributed by atoms with Crippen molar-refractivity contribution in [1.82, 2.24) is 0 Å². The van der Waals surface area contributed by atoms with E-state index < -0.39 is 30.3 Å². The second-order valence-corrected chi connectivity index (χ2v) is 3.21. The molecule has 0 aliphatic rings. The lowest BCUT2D eigenvalue weighted by Crippen LogP contribution is -2.15. The first-order valence-electron chi connectivity index (χ1n) is 3.91. The number of aliphatic hydroxyl groups is 1. The third-order valence-corrected chi connectivity index (χ3v) is 2.07. The summed E-state index contributed by atoms with van der Waals surface area (Å²) in [5, 5.41) is 8.19. The van der Waals surface area contributed by atoms with E-state index in [-0.39, 0.29) is 5.02 Å². The Labute approximate surface area is 84.1 Å². The Morgan fingerprint density at radius 2 is 2.00 bits per heavy atom. The average molecular weight is 225 g/mol. The topological polar surface area (TPSA) is 20.2 Å². The molecule has 0 aliphatic carbocycles. The lowest BCUT2D eigenvalue weighted by molar-refractivity contribution is -0.0272. The normalized spacial score (nSPS) is 11.8. The molecule has 1 N–H and O–H groups in total. The van der Waals surface area contributed by atoms with Crippen LogP contribution in [0.25, 0.3) is 0 Å². The predicted molar refractivity (Wildman–Crippen MR) is 47.0 cm³/mol. The van der Waals surface area contributed by atoms with Gasteiger partial charge < -0.3 is 5.11 Å². The maximum absolute atomic E-state index is 13.1. The van der Waals surface area contributed by atoms with Gasteiger partial charge in [0.05, 0.1) is 5.02 Å². The molecule has 0 heterocycles. The fraction of sp³-hybridized carbons (Fsp3) is 0.333. The van der Waals surface area contributed by atoms with E-state index >= 15 is 0 Å². The average Bonchev–Trinajstić information content (AvgIpc) is 2.09. The van der Waals surface area contributed by atoms with Gasteiger partial charge in [-0.25, -0.2) is 13.2 Å². The molecule has 0 amide bonds. The van der Waals surface area contributed by atoms with Crippen molar-refractivity contribution >= 4 is 11.6 Å². The summed E-state index contributed by atoms with van der Waals surface area (Å²) in [5.74, 6) is -4.11. The van der Waals surface area contributed by atoms with Crippen LogP contribution in [-0.2, 0) is 5.92 Å². The van der Waals surface area contributed by atoms with Gasteiger partial charge in [0.2, 0.25) is 0 Å². The van der Waals surface area contributed by atoms with E-state index in [9.17, 15) is 13.2 Å². The number of aliphatic hydroxyl groups excluding tert-OH is 1. The van der Waals surface area contributed by atoms with Gasteiger partial charge in [0.25, 0.3) is 5.92 Å². The summed E-state index contributed by atoms with van der Waals surface area (Å²) >= 11 is 5.34. The number of hydrogen-bond donors (Lipinski definition) is 1. The van der Waals surface area contributed by atoms with Crippen molar-refractivity contribution in [3.05, 3.63) is 34.6 Å². The highest BCUT2D eigenvalue weighted by atomic mass is 35.5. The van der Waals surface area contributed by atoms with Crippen LogP contribution < -0.4 is 0 Å². The standard InChI is InChI=1S/C9H8ClF3O/c10-7-2-1-6(5-8(7)11)9(12,13)3-4-14/h1-2,5,14H,3-4H2. The Hall–Kier alpha value is -0.740. The minimum absolute atomic E-state index is 0.200. The number of halogens is 4. The van der Waals surface area contributed by atoms with Gasteiger partial charge in [-0.3, -0.25) is 0 Å². The molecular formula is C9H8ClF3O. The van der Waals surface area contributed by atoms with E-state index in [1.807, 2.05) is 0 Å². The van der Waals surface area contributed by atoms with Gasteiger partial charge in [0.1, 0.15) is 5.82 Å². The molecule has 1 aromatic rings. The SMILES string of the molecule is OCCC(F)(F)c1ccc(Cl)c(F)c1. The molecule has 0 bridgehead atoms. The maximum atomic E-state index is 13.1. The number of hydrogen-bond acceptors (Lipinski definition) is 1. The monoisotopic (exact) mass is 224 g/mol. The molecule has 1 nitrogen and oxygen atoms in total. The smallest absolute Gasteiger partial charge is 0.275 e. The van der Waals surface area contributed by atoms with Crippen LogP contribution in [0.5, 0.6) is 0 Å². The fourth-order valence-electron chi connectivity index (χ4n) is 1.01. The molecule has 0 radical (unpaired) electrons. The summed E-state index contributed by atoms with van der Waals surface area (Å²) in [6.07, 6.45) is -0.728. The Kier molecular flexibility index (Phi) is 3.39. The van der Waals surface area contributed by atoms with Crippen molar-refractivity contribution in [3.63, 3.8) is 0 Å². The second kappa shape index (κ2) is 4.19. The van der Waals surface area contributed by atoms with Crippen LogP contribution in [0.15, 0.2) is 18.2 Å². The summed E-state index contributed by atoms with van der Waals surface area (Å²) in [7, 11) is 0. The summed E-state index contributed by atoms with van der Waals surface area (Å²) in [5.41, 5.74) is -0.478. The van der Waals surface area contributed by atoms with Crippen LogP contribution in [-0.4, -0.2) is 11.7 Å². The first kappa shape index (κ1) is 11.3. The minimum atomic E-state index is -3.22. The summed E-state index contributed by atoms with van der Waals surface area (Å²) in [6.45, 7) is -0.656. The Bertz CT molecular complexity index is 328. The lowest BCUT2D eigenvalue weighted by Gasteiger charge is -2.15. The zero-order chi connectivity index (χ0) is 10.8.